The Balaban J connectivity index is 1.64. The third-order valence-electron chi connectivity index (χ3n) is 3.89. The topological polar surface area (TPSA) is 38.3 Å². The molecule has 1 amide bonds. The average molecular weight is 311 g/mol. The van der Waals surface area contributed by atoms with E-state index >= 15 is 0 Å². The number of carbonyl (C=O) groups excluding carboxylic acids is 1. The van der Waals surface area contributed by atoms with Gasteiger partial charge < -0.3 is 10.1 Å². The first kappa shape index (κ1) is 15.3. The first-order valence-corrected chi connectivity index (χ1v) is 7.62. The van der Waals surface area contributed by atoms with E-state index < -0.39 is 0 Å². The van der Waals surface area contributed by atoms with Gasteiger partial charge in [0.1, 0.15) is 11.6 Å². The van der Waals surface area contributed by atoms with Gasteiger partial charge in [0.2, 0.25) is 5.91 Å². The maximum absolute atomic E-state index is 13.5. The zero-order chi connectivity index (χ0) is 16.2. The summed E-state index contributed by atoms with van der Waals surface area (Å²) in [6, 6.07) is 12.2. The lowest BCUT2D eigenvalue weighted by molar-refractivity contribution is -0.117. The lowest BCUT2D eigenvalue weighted by Crippen LogP contribution is -2.24. The number of nitrogens with one attached hydrogen (secondary N) is 1. The smallest absolute Gasteiger partial charge is 0.244 e. The van der Waals surface area contributed by atoms with Gasteiger partial charge in [-0.3, -0.25) is 4.79 Å². The molecule has 1 N–H and O–H groups in total. The number of amides is 1. The molecule has 0 radical (unpaired) electrons. The summed E-state index contributed by atoms with van der Waals surface area (Å²) in [5.74, 6) is 0.326. The van der Waals surface area contributed by atoms with Crippen LogP contribution in [0.3, 0.4) is 0 Å². The summed E-state index contributed by atoms with van der Waals surface area (Å²) < 4.78 is 19.0. The first-order chi connectivity index (χ1) is 11.1. The van der Waals surface area contributed by atoms with Crippen molar-refractivity contribution >= 4 is 12.0 Å². The predicted octanol–water partition coefficient (Wildman–Crippen LogP) is 3.65. The Bertz CT molecular complexity index is 755. The van der Waals surface area contributed by atoms with Gasteiger partial charge in [0, 0.05) is 18.1 Å². The Kier molecular flexibility index (Phi) is 4.42. The van der Waals surface area contributed by atoms with E-state index in [9.17, 15) is 9.18 Å². The van der Waals surface area contributed by atoms with Gasteiger partial charge in [-0.05, 0) is 42.3 Å². The molecule has 0 bridgehead atoms. The Labute approximate surface area is 134 Å². The molecule has 0 aromatic heterocycles. The second-order valence-electron chi connectivity index (χ2n) is 5.55. The highest BCUT2D eigenvalue weighted by Gasteiger charge is 2.15. The number of fused-ring (bicyclic) bond motifs is 1. The van der Waals surface area contributed by atoms with E-state index in [1.54, 1.807) is 18.2 Å². The molecule has 0 fully saturated rings. The molecular formula is C19H18FNO2. The normalized spacial score (nSPS) is 14.3. The van der Waals surface area contributed by atoms with Crippen LogP contribution in [-0.2, 0) is 11.2 Å². The van der Waals surface area contributed by atoms with E-state index in [1.165, 1.54) is 23.8 Å². The third-order valence-corrected chi connectivity index (χ3v) is 3.89. The number of hydrogen-bond acceptors (Lipinski definition) is 2. The van der Waals surface area contributed by atoms with Gasteiger partial charge in [-0.1, -0.05) is 24.3 Å². The molecule has 4 heteroatoms. The van der Waals surface area contributed by atoms with Crippen LogP contribution in [0.15, 0.2) is 48.5 Å². The third kappa shape index (κ3) is 3.59. The molecule has 3 nitrogen and oxygen atoms in total. The Hall–Kier alpha value is -2.62. The Morgan fingerprint density at radius 3 is 2.96 bits per heavy atom. The van der Waals surface area contributed by atoms with Crippen molar-refractivity contribution in [3.63, 3.8) is 0 Å². The van der Waals surface area contributed by atoms with Gasteiger partial charge in [0.25, 0.3) is 0 Å². The van der Waals surface area contributed by atoms with Crippen molar-refractivity contribution in [1.82, 2.24) is 5.32 Å². The van der Waals surface area contributed by atoms with E-state index in [4.69, 9.17) is 4.74 Å². The molecular weight excluding hydrogens is 293 g/mol. The van der Waals surface area contributed by atoms with E-state index in [-0.39, 0.29) is 17.8 Å². The van der Waals surface area contributed by atoms with E-state index in [0.717, 1.165) is 17.7 Å². The van der Waals surface area contributed by atoms with Crippen molar-refractivity contribution in [3.8, 4) is 5.75 Å². The Morgan fingerprint density at radius 1 is 1.30 bits per heavy atom. The SMILES string of the molecule is CC(NC(=O)/C=C/c1ccccc1F)c1ccc2c(c1)CCO2. The maximum atomic E-state index is 13.5. The monoisotopic (exact) mass is 311 g/mol. The van der Waals surface area contributed by atoms with Crippen molar-refractivity contribution in [2.45, 2.75) is 19.4 Å². The summed E-state index contributed by atoms with van der Waals surface area (Å²) >= 11 is 0. The van der Waals surface area contributed by atoms with Gasteiger partial charge in [-0.2, -0.15) is 0 Å². The zero-order valence-corrected chi connectivity index (χ0v) is 12.9. The van der Waals surface area contributed by atoms with Crippen molar-refractivity contribution in [3.05, 3.63) is 71.0 Å². The molecule has 1 heterocycles. The van der Waals surface area contributed by atoms with Crippen LogP contribution < -0.4 is 10.1 Å². The van der Waals surface area contributed by atoms with Crippen LogP contribution in [0.5, 0.6) is 5.75 Å². The van der Waals surface area contributed by atoms with Crippen molar-refractivity contribution in [1.29, 1.82) is 0 Å². The number of benzene rings is 2. The highest BCUT2D eigenvalue weighted by molar-refractivity contribution is 5.92. The molecule has 23 heavy (non-hydrogen) atoms. The predicted molar refractivity (Wildman–Crippen MR) is 87.6 cm³/mol. The molecule has 0 spiro atoms. The molecule has 2 aromatic rings. The van der Waals surface area contributed by atoms with Gasteiger partial charge in [-0.25, -0.2) is 4.39 Å². The molecule has 0 saturated heterocycles. The van der Waals surface area contributed by atoms with E-state index in [1.807, 2.05) is 19.1 Å². The summed E-state index contributed by atoms with van der Waals surface area (Å²) in [5, 5.41) is 2.89. The second kappa shape index (κ2) is 6.65. The van der Waals surface area contributed by atoms with Crippen LogP contribution >= 0.6 is 0 Å². The minimum absolute atomic E-state index is 0.126. The van der Waals surface area contributed by atoms with Crippen LogP contribution in [0.2, 0.25) is 0 Å². The Morgan fingerprint density at radius 2 is 2.13 bits per heavy atom. The summed E-state index contributed by atoms with van der Waals surface area (Å²) in [6.07, 6.45) is 3.73. The molecule has 1 aliphatic rings. The molecule has 0 saturated carbocycles. The molecule has 2 aromatic carbocycles. The molecule has 0 aliphatic carbocycles. The summed E-state index contributed by atoms with van der Waals surface area (Å²) in [7, 11) is 0. The molecule has 1 aliphatic heterocycles. The number of ether oxygens (including phenoxy) is 1. The fourth-order valence-corrected chi connectivity index (χ4v) is 2.60. The second-order valence-corrected chi connectivity index (χ2v) is 5.55. The molecule has 1 atom stereocenters. The van der Waals surface area contributed by atoms with E-state index in [2.05, 4.69) is 11.4 Å². The van der Waals surface area contributed by atoms with Crippen LogP contribution in [0.25, 0.3) is 6.08 Å². The van der Waals surface area contributed by atoms with Gasteiger partial charge in [0.15, 0.2) is 0 Å². The average Bonchev–Trinajstić information content (AvgIpc) is 3.01. The molecule has 3 rings (SSSR count). The van der Waals surface area contributed by atoms with Gasteiger partial charge in [0.05, 0.1) is 12.6 Å². The fourth-order valence-electron chi connectivity index (χ4n) is 2.60. The number of hydrogen-bond donors (Lipinski definition) is 1. The first-order valence-electron chi connectivity index (χ1n) is 7.62. The molecule has 118 valence electrons. The van der Waals surface area contributed by atoms with Crippen molar-refractivity contribution < 1.29 is 13.9 Å². The van der Waals surface area contributed by atoms with Crippen molar-refractivity contribution in [2.75, 3.05) is 6.61 Å². The summed E-state index contributed by atoms with van der Waals surface area (Å²) in [5.41, 5.74) is 2.59. The van der Waals surface area contributed by atoms with Crippen LogP contribution in [0, 0.1) is 5.82 Å². The molecule has 1 unspecified atom stereocenters. The lowest BCUT2D eigenvalue weighted by atomic mass is 10.0. The van der Waals surface area contributed by atoms with Gasteiger partial charge in [-0.15, -0.1) is 0 Å². The van der Waals surface area contributed by atoms with Crippen molar-refractivity contribution in [2.24, 2.45) is 0 Å². The maximum Gasteiger partial charge on any atom is 0.244 e. The zero-order valence-electron chi connectivity index (χ0n) is 12.9. The summed E-state index contributed by atoms with van der Waals surface area (Å²) in [6.45, 7) is 2.64. The van der Waals surface area contributed by atoms with Crippen LogP contribution in [-0.4, -0.2) is 12.5 Å². The lowest BCUT2D eigenvalue weighted by Gasteiger charge is -2.14. The fraction of sp³-hybridized carbons (Fsp3) is 0.211. The highest BCUT2D eigenvalue weighted by Crippen LogP contribution is 2.28. The van der Waals surface area contributed by atoms with E-state index in [0.29, 0.717) is 12.2 Å². The van der Waals surface area contributed by atoms with Gasteiger partial charge >= 0.3 is 0 Å². The summed E-state index contributed by atoms with van der Waals surface area (Å²) in [4.78, 5) is 12.0. The standard InChI is InChI=1S/C19H18FNO2/c1-13(15-6-8-18-16(12-15)10-11-23-18)21-19(22)9-7-14-4-2-3-5-17(14)20/h2-9,12-13H,10-11H2,1H3,(H,21,22)/b9-7+. The number of rotatable bonds is 4. The quantitative estimate of drug-likeness (QED) is 0.875. The van der Waals surface area contributed by atoms with Crippen LogP contribution in [0.1, 0.15) is 29.7 Å². The number of carbonyl (C=O) groups is 1. The minimum atomic E-state index is -0.344. The largest absolute Gasteiger partial charge is 0.493 e. The minimum Gasteiger partial charge on any atom is -0.493 e. The highest BCUT2D eigenvalue weighted by atomic mass is 19.1. The number of halogens is 1. The van der Waals surface area contributed by atoms with Crippen LogP contribution in [0.4, 0.5) is 4.39 Å².